The van der Waals surface area contributed by atoms with Gasteiger partial charge < -0.3 is 15.4 Å². The summed E-state index contributed by atoms with van der Waals surface area (Å²) >= 11 is 7.64. The van der Waals surface area contributed by atoms with Gasteiger partial charge in [0.15, 0.2) is 5.96 Å². The van der Waals surface area contributed by atoms with Crippen LogP contribution in [0.15, 0.2) is 28.7 Å². The van der Waals surface area contributed by atoms with Crippen LogP contribution in [0, 0.1) is 0 Å². The molecule has 0 radical (unpaired) electrons. The molecular formula is C16H22ClN5OS. The number of thiazole rings is 1. The summed E-state index contributed by atoms with van der Waals surface area (Å²) < 4.78 is 5.53. The Labute approximate surface area is 151 Å². The zero-order valence-corrected chi connectivity index (χ0v) is 15.6. The maximum atomic E-state index is 5.98. The SMILES string of the molecule is CN=C(NCCOc1ncccc1Cl)NCc1nc(C(C)C)cs1. The van der Waals surface area contributed by atoms with Crippen molar-refractivity contribution in [2.24, 2.45) is 4.99 Å². The molecule has 0 aromatic carbocycles. The van der Waals surface area contributed by atoms with E-state index in [0.717, 1.165) is 10.7 Å². The van der Waals surface area contributed by atoms with Crippen LogP contribution in [0.4, 0.5) is 0 Å². The Morgan fingerprint density at radius 3 is 2.92 bits per heavy atom. The fraction of sp³-hybridized carbons (Fsp3) is 0.438. The highest BCUT2D eigenvalue weighted by atomic mass is 35.5. The number of hydrogen-bond acceptors (Lipinski definition) is 5. The highest BCUT2D eigenvalue weighted by molar-refractivity contribution is 7.09. The van der Waals surface area contributed by atoms with Gasteiger partial charge in [-0.05, 0) is 18.1 Å². The van der Waals surface area contributed by atoms with Gasteiger partial charge in [0.1, 0.15) is 16.6 Å². The van der Waals surface area contributed by atoms with Gasteiger partial charge in [0, 0.05) is 18.6 Å². The van der Waals surface area contributed by atoms with Crippen molar-refractivity contribution >= 4 is 28.9 Å². The second-order valence-electron chi connectivity index (χ2n) is 5.31. The third-order valence-corrected chi connectivity index (χ3v) is 4.30. The van der Waals surface area contributed by atoms with Crippen molar-refractivity contribution in [1.29, 1.82) is 0 Å². The molecule has 2 N–H and O–H groups in total. The lowest BCUT2D eigenvalue weighted by Gasteiger charge is -2.11. The molecule has 2 heterocycles. The first kappa shape index (κ1) is 18.5. The van der Waals surface area contributed by atoms with E-state index in [9.17, 15) is 0 Å². The molecule has 0 amide bonds. The number of rotatable bonds is 7. The first-order valence-electron chi connectivity index (χ1n) is 7.72. The lowest BCUT2D eigenvalue weighted by atomic mass is 10.2. The van der Waals surface area contributed by atoms with Gasteiger partial charge >= 0.3 is 0 Å². The molecule has 0 bridgehead atoms. The van der Waals surface area contributed by atoms with Crippen molar-refractivity contribution in [2.75, 3.05) is 20.2 Å². The fourth-order valence-corrected chi connectivity index (χ4v) is 2.92. The van der Waals surface area contributed by atoms with Crippen molar-refractivity contribution in [2.45, 2.75) is 26.3 Å². The van der Waals surface area contributed by atoms with E-state index in [1.807, 2.05) is 0 Å². The summed E-state index contributed by atoms with van der Waals surface area (Å²) in [5.41, 5.74) is 1.13. The van der Waals surface area contributed by atoms with Crippen molar-refractivity contribution in [3.05, 3.63) is 39.4 Å². The second-order valence-corrected chi connectivity index (χ2v) is 6.66. The van der Waals surface area contributed by atoms with Crippen LogP contribution in [0.3, 0.4) is 0 Å². The van der Waals surface area contributed by atoms with Crippen LogP contribution < -0.4 is 15.4 Å². The van der Waals surface area contributed by atoms with Crippen LogP contribution in [-0.2, 0) is 6.54 Å². The number of pyridine rings is 1. The zero-order valence-electron chi connectivity index (χ0n) is 14.0. The first-order valence-corrected chi connectivity index (χ1v) is 8.98. The highest BCUT2D eigenvalue weighted by Gasteiger charge is 2.06. The predicted octanol–water partition coefficient (Wildman–Crippen LogP) is 3.06. The lowest BCUT2D eigenvalue weighted by molar-refractivity contribution is 0.310. The van der Waals surface area contributed by atoms with E-state index in [4.69, 9.17) is 16.3 Å². The average molecular weight is 368 g/mol. The molecule has 2 rings (SSSR count). The Morgan fingerprint density at radius 1 is 1.42 bits per heavy atom. The van der Waals surface area contributed by atoms with Gasteiger partial charge in [0.2, 0.25) is 5.88 Å². The molecule has 2 aromatic heterocycles. The Bertz CT molecular complexity index is 674. The molecule has 0 aliphatic carbocycles. The monoisotopic (exact) mass is 367 g/mol. The average Bonchev–Trinajstić information content (AvgIpc) is 3.05. The third-order valence-electron chi connectivity index (χ3n) is 3.15. The van der Waals surface area contributed by atoms with Crippen molar-refractivity contribution in [3.63, 3.8) is 0 Å². The summed E-state index contributed by atoms with van der Waals surface area (Å²) in [6.45, 7) is 5.94. The van der Waals surface area contributed by atoms with Crippen LogP contribution in [0.5, 0.6) is 5.88 Å². The maximum absolute atomic E-state index is 5.98. The molecule has 2 aromatic rings. The molecule has 8 heteroatoms. The van der Waals surface area contributed by atoms with Crippen LogP contribution in [0.25, 0.3) is 0 Å². The Balaban J connectivity index is 1.71. The Kier molecular flexibility index (Phi) is 7.27. The molecule has 6 nitrogen and oxygen atoms in total. The molecule has 0 atom stereocenters. The molecular weight excluding hydrogens is 346 g/mol. The molecule has 0 unspecified atom stereocenters. The van der Waals surface area contributed by atoms with Gasteiger partial charge in [0.05, 0.1) is 18.8 Å². The number of ether oxygens (including phenoxy) is 1. The lowest BCUT2D eigenvalue weighted by Crippen LogP contribution is -2.38. The van der Waals surface area contributed by atoms with E-state index in [2.05, 4.69) is 44.8 Å². The Morgan fingerprint density at radius 2 is 2.25 bits per heavy atom. The van der Waals surface area contributed by atoms with Gasteiger partial charge in [0.25, 0.3) is 0 Å². The summed E-state index contributed by atoms with van der Waals surface area (Å²) in [5.74, 6) is 1.59. The smallest absolute Gasteiger partial charge is 0.232 e. The largest absolute Gasteiger partial charge is 0.475 e. The number of aliphatic imine (C=N–C) groups is 1. The van der Waals surface area contributed by atoms with Crippen molar-refractivity contribution in [1.82, 2.24) is 20.6 Å². The number of hydrogen-bond donors (Lipinski definition) is 2. The molecule has 130 valence electrons. The third kappa shape index (κ3) is 5.65. The minimum Gasteiger partial charge on any atom is -0.475 e. The normalized spacial score (nSPS) is 11.6. The minimum atomic E-state index is 0.437. The molecule has 24 heavy (non-hydrogen) atoms. The Hall–Kier alpha value is -1.86. The number of guanidine groups is 1. The summed E-state index contributed by atoms with van der Waals surface area (Å²) in [6, 6.07) is 3.51. The fourth-order valence-electron chi connectivity index (χ4n) is 1.85. The van der Waals surface area contributed by atoms with Crippen LogP contribution in [-0.4, -0.2) is 36.1 Å². The molecule has 0 saturated heterocycles. The minimum absolute atomic E-state index is 0.437. The van der Waals surface area contributed by atoms with E-state index >= 15 is 0 Å². The van der Waals surface area contributed by atoms with Gasteiger partial charge in [-0.15, -0.1) is 11.3 Å². The predicted molar refractivity (Wildman–Crippen MR) is 99.1 cm³/mol. The topological polar surface area (TPSA) is 71.4 Å². The quantitative estimate of drug-likeness (QED) is 0.447. The van der Waals surface area contributed by atoms with E-state index in [1.54, 1.807) is 36.7 Å². The van der Waals surface area contributed by atoms with Gasteiger partial charge in [-0.25, -0.2) is 9.97 Å². The summed E-state index contributed by atoms with van der Waals surface area (Å²) in [5, 5.41) is 10.1. The van der Waals surface area contributed by atoms with E-state index in [1.165, 1.54) is 0 Å². The standard InChI is InChI=1S/C16H22ClN5OS/c1-11(2)13-10-24-14(22-13)9-21-16(18-3)20-7-8-23-15-12(17)5-4-6-19-15/h4-6,10-11H,7-9H2,1-3H3,(H2,18,20,21). The highest BCUT2D eigenvalue weighted by Crippen LogP contribution is 2.19. The van der Waals surface area contributed by atoms with Crippen LogP contribution in [0.2, 0.25) is 5.02 Å². The van der Waals surface area contributed by atoms with Gasteiger partial charge in [-0.3, -0.25) is 4.99 Å². The van der Waals surface area contributed by atoms with E-state index in [0.29, 0.717) is 42.5 Å². The molecule has 0 saturated carbocycles. The molecule has 0 aliphatic rings. The summed E-state index contributed by atoms with van der Waals surface area (Å²) in [7, 11) is 1.73. The van der Waals surface area contributed by atoms with Crippen molar-refractivity contribution < 1.29 is 4.74 Å². The second kappa shape index (κ2) is 9.44. The number of halogens is 1. The molecule has 0 fully saturated rings. The number of nitrogens with zero attached hydrogens (tertiary/aromatic N) is 3. The van der Waals surface area contributed by atoms with E-state index in [-0.39, 0.29) is 0 Å². The number of nitrogens with one attached hydrogen (secondary N) is 2. The van der Waals surface area contributed by atoms with Gasteiger partial charge in [-0.2, -0.15) is 0 Å². The summed E-state index contributed by atoms with van der Waals surface area (Å²) in [4.78, 5) is 12.8. The molecule has 0 spiro atoms. The van der Waals surface area contributed by atoms with E-state index < -0.39 is 0 Å². The number of aromatic nitrogens is 2. The summed E-state index contributed by atoms with van der Waals surface area (Å²) in [6.07, 6.45) is 1.65. The van der Waals surface area contributed by atoms with Crippen LogP contribution in [0.1, 0.15) is 30.5 Å². The first-order chi connectivity index (χ1) is 11.6. The maximum Gasteiger partial charge on any atom is 0.232 e. The molecule has 0 aliphatic heterocycles. The van der Waals surface area contributed by atoms with Crippen LogP contribution >= 0.6 is 22.9 Å². The zero-order chi connectivity index (χ0) is 17.4. The van der Waals surface area contributed by atoms with Gasteiger partial charge in [-0.1, -0.05) is 25.4 Å². The van der Waals surface area contributed by atoms with Crippen molar-refractivity contribution in [3.8, 4) is 5.88 Å².